The van der Waals surface area contributed by atoms with Crippen LogP contribution in [0.3, 0.4) is 0 Å². The van der Waals surface area contributed by atoms with E-state index in [2.05, 4.69) is 31.0 Å². The minimum atomic E-state index is -0.385. The monoisotopic (exact) mass is 365 g/mol. The molecule has 0 aliphatic heterocycles. The third-order valence-corrected chi connectivity index (χ3v) is 4.70. The number of unbranched alkanes of at least 4 members (excludes halogenated alkanes) is 4. The minimum absolute atomic E-state index is 0.210. The second-order valence-electron chi connectivity index (χ2n) is 6.87. The molecule has 2 aromatic rings. The van der Waals surface area contributed by atoms with E-state index in [-0.39, 0.29) is 11.9 Å². The SMILES string of the molecule is CCCCCCCc1ccc(OC(=O)/C=C/C(CC)c2ccccc2)nc1. The average Bonchev–Trinajstić information content (AvgIpc) is 2.70. The molecule has 1 aromatic heterocycles. The van der Waals surface area contributed by atoms with Crippen LogP contribution in [0.2, 0.25) is 0 Å². The van der Waals surface area contributed by atoms with Crippen molar-refractivity contribution < 1.29 is 9.53 Å². The lowest BCUT2D eigenvalue weighted by Gasteiger charge is -2.09. The number of esters is 1. The maximum Gasteiger partial charge on any atom is 0.337 e. The number of rotatable bonds is 11. The average molecular weight is 366 g/mol. The Labute approximate surface area is 163 Å². The lowest BCUT2D eigenvalue weighted by molar-refractivity contribution is -0.129. The number of hydrogen-bond donors (Lipinski definition) is 0. The number of hydrogen-bond acceptors (Lipinski definition) is 3. The molecule has 144 valence electrons. The molecule has 0 aliphatic rings. The molecule has 1 aromatic carbocycles. The molecule has 1 unspecified atom stereocenters. The Hall–Kier alpha value is -2.42. The number of carbonyl (C=O) groups excluding carboxylic acids is 1. The second kappa shape index (κ2) is 12.1. The quantitative estimate of drug-likeness (QED) is 0.268. The van der Waals surface area contributed by atoms with Crippen molar-refractivity contribution in [3.8, 4) is 5.88 Å². The smallest absolute Gasteiger partial charge is 0.337 e. The summed E-state index contributed by atoms with van der Waals surface area (Å²) in [6.45, 7) is 4.33. The van der Waals surface area contributed by atoms with E-state index in [1.165, 1.54) is 49.3 Å². The summed E-state index contributed by atoms with van der Waals surface area (Å²) in [5.74, 6) is 0.179. The highest BCUT2D eigenvalue weighted by atomic mass is 16.5. The van der Waals surface area contributed by atoms with Gasteiger partial charge in [-0.25, -0.2) is 9.78 Å². The molecule has 1 atom stereocenters. The van der Waals surface area contributed by atoms with Gasteiger partial charge in [0.1, 0.15) is 0 Å². The lowest BCUT2D eigenvalue weighted by atomic mass is 9.96. The Balaban J connectivity index is 1.81. The highest BCUT2D eigenvalue weighted by Gasteiger charge is 2.07. The topological polar surface area (TPSA) is 39.2 Å². The van der Waals surface area contributed by atoms with Gasteiger partial charge in [-0.3, -0.25) is 0 Å². The largest absolute Gasteiger partial charge is 0.404 e. The van der Waals surface area contributed by atoms with E-state index in [0.29, 0.717) is 5.88 Å². The summed E-state index contributed by atoms with van der Waals surface area (Å²) in [7, 11) is 0. The van der Waals surface area contributed by atoms with Crippen molar-refractivity contribution >= 4 is 5.97 Å². The van der Waals surface area contributed by atoms with Crippen LogP contribution in [0.4, 0.5) is 0 Å². The number of nitrogens with zero attached hydrogens (tertiary/aromatic N) is 1. The number of aryl methyl sites for hydroxylation is 1. The Morgan fingerprint density at radius 1 is 1.04 bits per heavy atom. The predicted molar refractivity (Wildman–Crippen MR) is 111 cm³/mol. The van der Waals surface area contributed by atoms with Gasteiger partial charge < -0.3 is 4.74 Å². The molecule has 0 amide bonds. The molecule has 0 radical (unpaired) electrons. The van der Waals surface area contributed by atoms with E-state index in [9.17, 15) is 4.79 Å². The van der Waals surface area contributed by atoms with Crippen molar-refractivity contribution in [2.24, 2.45) is 0 Å². The molecule has 2 rings (SSSR count). The number of ether oxygens (including phenoxy) is 1. The molecular weight excluding hydrogens is 334 g/mol. The van der Waals surface area contributed by atoms with Gasteiger partial charge in [0.2, 0.25) is 5.88 Å². The number of aromatic nitrogens is 1. The zero-order valence-electron chi connectivity index (χ0n) is 16.6. The third kappa shape index (κ3) is 7.78. The van der Waals surface area contributed by atoms with Crippen LogP contribution in [0.15, 0.2) is 60.8 Å². The van der Waals surface area contributed by atoms with Crippen LogP contribution in [0, 0.1) is 0 Å². The number of pyridine rings is 1. The highest BCUT2D eigenvalue weighted by Crippen LogP contribution is 2.20. The molecule has 0 bridgehead atoms. The van der Waals surface area contributed by atoms with Crippen molar-refractivity contribution in [1.29, 1.82) is 0 Å². The predicted octanol–water partition coefficient (Wildman–Crippen LogP) is 6.25. The standard InChI is InChI=1S/C24H31NO2/c1-3-5-6-7-9-12-20-15-17-23(25-19-20)27-24(26)18-16-21(4-2)22-13-10-8-11-14-22/h8,10-11,13-19,21H,3-7,9,12H2,1-2H3/b18-16+. The van der Waals surface area contributed by atoms with Crippen molar-refractivity contribution in [3.05, 3.63) is 71.9 Å². The van der Waals surface area contributed by atoms with Gasteiger partial charge in [-0.1, -0.05) is 82.0 Å². The fraction of sp³-hybridized carbons (Fsp3) is 0.417. The van der Waals surface area contributed by atoms with Crippen LogP contribution in [0.25, 0.3) is 0 Å². The van der Waals surface area contributed by atoms with E-state index in [1.807, 2.05) is 36.5 Å². The zero-order chi connectivity index (χ0) is 19.3. The fourth-order valence-electron chi connectivity index (χ4n) is 3.07. The van der Waals surface area contributed by atoms with Gasteiger partial charge >= 0.3 is 5.97 Å². The summed E-state index contributed by atoms with van der Waals surface area (Å²) in [6.07, 6.45) is 13.5. The first-order valence-electron chi connectivity index (χ1n) is 10.1. The van der Waals surface area contributed by atoms with Gasteiger partial charge in [0, 0.05) is 24.3 Å². The Morgan fingerprint density at radius 2 is 1.81 bits per heavy atom. The highest BCUT2D eigenvalue weighted by molar-refractivity contribution is 5.83. The fourth-order valence-corrected chi connectivity index (χ4v) is 3.07. The van der Waals surface area contributed by atoms with Gasteiger partial charge in [0.15, 0.2) is 0 Å². The van der Waals surface area contributed by atoms with E-state index in [4.69, 9.17) is 4.74 Å². The van der Waals surface area contributed by atoms with E-state index in [1.54, 1.807) is 6.07 Å². The Kier molecular flexibility index (Phi) is 9.33. The summed E-state index contributed by atoms with van der Waals surface area (Å²) in [4.78, 5) is 16.3. The molecule has 0 saturated heterocycles. The van der Waals surface area contributed by atoms with Crippen LogP contribution in [-0.2, 0) is 11.2 Å². The molecule has 0 aliphatic carbocycles. The molecule has 0 N–H and O–H groups in total. The molecule has 0 spiro atoms. The Bertz CT molecular complexity index is 692. The van der Waals surface area contributed by atoms with Gasteiger partial charge in [-0.2, -0.15) is 0 Å². The van der Waals surface area contributed by atoms with Gasteiger partial charge in [0.25, 0.3) is 0 Å². The van der Waals surface area contributed by atoms with E-state index < -0.39 is 0 Å². The van der Waals surface area contributed by atoms with Crippen molar-refractivity contribution in [2.45, 2.75) is 64.7 Å². The van der Waals surface area contributed by atoms with Crippen LogP contribution < -0.4 is 4.74 Å². The van der Waals surface area contributed by atoms with E-state index >= 15 is 0 Å². The minimum Gasteiger partial charge on any atom is -0.404 e. The normalized spacial score (nSPS) is 12.2. The maximum atomic E-state index is 12.1. The third-order valence-electron chi connectivity index (χ3n) is 4.70. The van der Waals surface area contributed by atoms with Crippen molar-refractivity contribution in [1.82, 2.24) is 4.98 Å². The zero-order valence-corrected chi connectivity index (χ0v) is 16.6. The van der Waals surface area contributed by atoms with Gasteiger partial charge in [-0.15, -0.1) is 0 Å². The first-order valence-corrected chi connectivity index (χ1v) is 10.1. The summed E-state index contributed by atoms with van der Waals surface area (Å²) in [5, 5.41) is 0. The molecule has 0 fully saturated rings. The summed E-state index contributed by atoms with van der Waals surface area (Å²) >= 11 is 0. The van der Waals surface area contributed by atoms with Gasteiger partial charge in [0.05, 0.1) is 0 Å². The van der Waals surface area contributed by atoms with Crippen molar-refractivity contribution in [2.75, 3.05) is 0 Å². The van der Waals surface area contributed by atoms with Gasteiger partial charge in [-0.05, 0) is 30.4 Å². The second-order valence-corrected chi connectivity index (χ2v) is 6.87. The first kappa shape index (κ1) is 20.9. The Morgan fingerprint density at radius 3 is 2.48 bits per heavy atom. The van der Waals surface area contributed by atoms with Crippen LogP contribution in [-0.4, -0.2) is 11.0 Å². The maximum absolute atomic E-state index is 12.1. The first-order chi connectivity index (χ1) is 13.2. The van der Waals surface area contributed by atoms with Crippen molar-refractivity contribution in [3.63, 3.8) is 0 Å². The molecular formula is C24H31NO2. The lowest BCUT2D eigenvalue weighted by Crippen LogP contribution is -2.06. The number of benzene rings is 1. The summed E-state index contributed by atoms with van der Waals surface area (Å²) in [5.41, 5.74) is 2.39. The molecule has 3 nitrogen and oxygen atoms in total. The van der Waals surface area contributed by atoms with Crippen LogP contribution in [0.5, 0.6) is 5.88 Å². The molecule has 3 heteroatoms. The number of allylic oxidation sites excluding steroid dienone is 1. The summed E-state index contributed by atoms with van der Waals surface area (Å²) < 4.78 is 5.32. The molecule has 1 heterocycles. The summed E-state index contributed by atoms with van der Waals surface area (Å²) in [6, 6.07) is 14.0. The molecule has 27 heavy (non-hydrogen) atoms. The molecule has 0 saturated carbocycles. The van der Waals surface area contributed by atoms with Crippen LogP contribution >= 0.6 is 0 Å². The van der Waals surface area contributed by atoms with Crippen LogP contribution in [0.1, 0.15) is 69.4 Å². The van der Waals surface area contributed by atoms with E-state index in [0.717, 1.165) is 12.8 Å². The number of carbonyl (C=O) groups is 1.